The second kappa shape index (κ2) is 6.75. The molecule has 0 atom stereocenters. The predicted molar refractivity (Wildman–Crippen MR) is 95.5 cm³/mol. The zero-order valence-electron chi connectivity index (χ0n) is 13.8. The summed E-state index contributed by atoms with van der Waals surface area (Å²) < 4.78 is 29.3. The van der Waals surface area contributed by atoms with E-state index >= 15 is 0 Å². The molecule has 3 rings (SSSR count). The Labute approximate surface area is 142 Å². The number of benzene rings is 2. The molecular formula is C18H21N3O2S. The van der Waals surface area contributed by atoms with E-state index in [0.29, 0.717) is 23.9 Å². The zero-order valence-corrected chi connectivity index (χ0v) is 14.6. The van der Waals surface area contributed by atoms with Crippen molar-refractivity contribution in [1.82, 2.24) is 14.3 Å². The summed E-state index contributed by atoms with van der Waals surface area (Å²) in [5, 5.41) is 0. The standard InChI is InChI=1S/C18H21N3O2S/c1-14(2)15-7-9-16(10-8-15)24(22,23)20-11-12-21-13-19-17-5-3-4-6-18(17)21/h3-10,13-14,20H,11-12H2,1-2H3. The van der Waals surface area contributed by atoms with Gasteiger partial charge in [-0.1, -0.05) is 38.1 Å². The minimum Gasteiger partial charge on any atom is -0.329 e. The third-order valence-electron chi connectivity index (χ3n) is 4.03. The summed E-state index contributed by atoms with van der Waals surface area (Å²) in [6.07, 6.45) is 1.73. The van der Waals surface area contributed by atoms with Gasteiger partial charge in [0.1, 0.15) is 0 Å². The first-order valence-corrected chi connectivity index (χ1v) is 9.45. The van der Waals surface area contributed by atoms with Crippen LogP contribution in [0.2, 0.25) is 0 Å². The summed E-state index contributed by atoms with van der Waals surface area (Å²) in [4.78, 5) is 4.60. The van der Waals surface area contributed by atoms with Gasteiger partial charge in [-0.3, -0.25) is 0 Å². The van der Waals surface area contributed by atoms with Crippen LogP contribution in [0.15, 0.2) is 59.8 Å². The maximum atomic E-state index is 12.4. The molecule has 0 aliphatic heterocycles. The number of aromatic nitrogens is 2. The van der Waals surface area contributed by atoms with Crippen molar-refractivity contribution in [2.75, 3.05) is 6.54 Å². The molecule has 0 saturated carbocycles. The molecule has 6 heteroatoms. The lowest BCUT2D eigenvalue weighted by Crippen LogP contribution is -2.27. The fourth-order valence-electron chi connectivity index (χ4n) is 2.60. The highest BCUT2D eigenvalue weighted by atomic mass is 32.2. The van der Waals surface area contributed by atoms with E-state index in [9.17, 15) is 8.42 Å². The van der Waals surface area contributed by atoms with Gasteiger partial charge < -0.3 is 4.57 Å². The Morgan fingerprint density at radius 3 is 2.50 bits per heavy atom. The molecule has 0 spiro atoms. The number of para-hydroxylation sites is 2. The Kier molecular flexibility index (Phi) is 4.69. The number of rotatable bonds is 6. The van der Waals surface area contributed by atoms with Crippen molar-refractivity contribution in [2.45, 2.75) is 31.2 Å². The fourth-order valence-corrected chi connectivity index (χ4v) is 3.63. The quantitative estimate of drug-likeness (QED) is 0.748. The monoisotopic (exact) mass is 343 g/mol. The highest BCUT2D eigenvalue weighted by molar-refractivity contribution is 7.89. The third-order valence-corrected chi connectivity index (χ3v) is 5.51. The second-order valence-electron chi connectivity index (χ2n) is 6.05. The van der Waals surface area contributed by atoms with Crippen molar-refractivity contribution in [3.63, 3.8) is 0 Å². The fraction of sp³-hybridized carbons (Fsp3) is 0.278. The third kappa shape index (κ3) is 3.49. The molecule has 3 aromatic rings. The zero-order chi connectivity index (χ0) is 17.2. The Bertz CT molecular complexity index is 928. The van der Waals surface area contributed by atoms with Gasteiger partial charge in [-0.05, 0) is 35.7 Å². The van der Waals surface area contributed by atoms with Crippen molar-refractivity contribution < 1.29 is 8.42 Å². The number of hydrogen-bond donors (Lipinski definition) is 1. The normalized spacial score (nSPS) is 12.1. The molecule has 1 N–H and O–H groups in total. The van der Waals surface area contributed by atoms with Crippen LogP contribution in [0.5, 0.6) is 0 Å². The molecule has 0 unspecified atom stereocenters. The number of nitrogens with one attached hydrogen (secondary N) is 1. The molecule has 126 valence electrons. The van der Waals surface area contributed by atoms with E-state index in [2.05, 4.69) is 23.6 Å². The number of fused-ring (bicyclic) bond motifs is 1. The molecule has 0 aliphatic carbocycles. The molecule has 24 heavy (non-hydrogen) atoms. The lowest BCUT2D eigenvalue weighted by molar-refractivity contribution is 0.574. The van der Waals surface area contributed by atoms with E-state index in [-0.39, 0.29) is 0 Å². The average molecular weight is 343 g/mol. The van der Waals surface area contributed by atoms with E-state index in [1.165, 1.54) is 0 Å². The second-order valence-corrected chi connectivity index (χ2v) is 7.82. The van der Waals surface area contributed by atoms with Crippen LogP contribution in [0.3, 0.4) is 0 Å². The van der Waals surface area contributed by atoms with Crippen LogP contribution in [-0.2, 0) is 16.6 Å². The first kappa shape index (κ1) is 16.7. The molecule has 1 aromatic heterocycles. The number of nitrogens with zero attached hydrogens (tertiary/aromatic N) is 2. The SMILES string of the molecule is CC(C)c1ccc(S(=O)(=O)NCCn2cnc3ccccc32)cc1. The number of sulfonamides is 1. The predicted octanol–water partition coefficient (Wildman–Crippen LogP) is 3.14. The summed E-state index contributed by atoms with van der Waals surface area (Å²) in [5.41, 5.74) is 3.03. The Morgan fingerprint density at radius 2 is 1.79 bits per heavy atom. The van der Waals surface area contributed by atoms with Crippen LogP contribution in [0.4, 0.5) is 0 Å². The van der Waals surface area contributed by atoms with Crippen LogP contribution in [0, 0.1) is 0 Å². The van der Waals surface area contributed by atoms with Crippen LogP contribution in [0.25, 0.3) is 11.0 Å². The van der Waals surface area contributed by atoms with E-state index in [4.69, 9.17) is 0 Å². The average Bonchev–Trinajstić information content (AvgIpc) is 2.98. The van der Waals surface area contributed by atoms with Crippen LogP contribution < -0.4 is 4.72 Å². The van der Waals surface area contributed by atoms with Gasteiger partial charge in [-0.15, -0.1) is 0 Å². The largest absolute Gasteiger partial charge is 0.329 e. The maximum Gasteiger partial charge on any atom is 0.240 e. The summed E-state index contributed by atoms with van der Waals surface area (Å²) in [6, 6.07) is 14.8. The summed E-state index contributed by atoms with van der Waals surface area (Å²) in [5.74, 6) is 0.379. The summed E-state index contributed by atoms with van der Waals surface area (Å²) in [6.45, 7) is 5.01. The van der Waals surface area contributed by atoms with Gasteiger partial charge in [0.25, 0.3) is 0 Å². The highest BCUT2D eigenvalue weighted by Crippen LogP contribution is 2.17. The van der Waals surface area contributed by atoms with Gasteiger partial charge in [0.2, 0.25) is 10.0 Å². The van der Waals surface area contributed by atoms with Gasteiger partial charge in [0.15, 0.2) is 0 Å². The van der Waals surface area contributed by atoms with Gasteiger partial charge >= 0.3 is 0 Å². The summed E-state index contributed by atoms with van der Waals surface area (Å²) >= 11 is 0. The molecule has 0 radical (unpaired) electrons. The van der Waals surface area contributed by atoms with Crippen molar-refractivity contribution >= 4 is 21.1 Å². The smallest absolute Gasteiger partial charge is 0.240 e. The topological polar surface area (TPSA) is 64.0 Å². The van der Waals surface area contributed by atoms with E-state index < -0.39 is 10.0 Å². The summed E-state index contributed by atoms with van der Waals surface area (Å²) in [7, 11) is -3.49. The molecule has 0 saturated heterocycles. The van der Waals surface area contributed by atoms with Crippen molar-refractivity contribution in [2.24, 2.45) is 0 Å². The highest BCUT2D eigenvalue weighted by Gasteiger charge is 2.14. The van der Waals surface area contributed by atoms with E-state index in [1.54, 1.807) is 18.5 Å². The first-order chi connectivity index (χ1) is 11.5. The number of hydrogen-bond acceptors (Lipinski definition) is 3. The number of imidazole rings is 1. The van der Waals surface area contributed by atoms with Crippen LogP contribution in [-0.4, -0.2) is 24.5 Å². The molecule has 0 aliphatic rings. The van der Waals surface area contributed by atoms with Gasteiger partial charge in [-0.2, -0.15) is 0 Å². The molecule has 5 nitrogen and oxygen atoms in total. The van der Waals surface area contributed by atoms with Crippen molar-refractivity contribution in [1.29, 1.82) is 0 Å². The van der Waals surface area contributed by atoms with Gasteiger partial charge in [-0.25, -0.2) is 18.1 Å². The maximum absolute atomic E-state index is 12.4. The Morgan fingerprint density at radius 1 is 1.08 bits per heavy atom. The molecule has 2 aromatic carbocycles. The van der Waals surface area contributed by atoms with Crippen molar-refractivity contribution in [3.8, 4) is 0 Å². The van der Waals surface area contributed by atoms with E-state index in [1.807, 2.05) is 41.0 Å². The minimum atomic E-state index is -3.49. The Hall–Kier alpha value is -2.18. The minimum absolute atomic E-state index is 0.294. The van der Waals surface area contributed by atoms with Gasteiger partial charge in [0.05, 0.1) is 22.3 Å². The molecule has 1 heterocycles. The molecule has 0 fully saturated rings. The lowest BCUT2D eigenvalue weighted by atomic mass is 10.0. The first-order valence-electron chi connectivity index (χ1n) is 7.97. The Balaban J connectivity index is 1.67. The molecular weight excluding hydrogens is 322 g/mol. The molecule has 0 bridgehead atoms. The van der Waals surface area contributed by atoms with Crippen molar-refractivity contribution in [3.05, 3.63) is 60.4 Å². The van der Waals surface area contributed by atoms with E-state index in [0.717, 1.165) is 16.6 Å². The molecule has 0 amide bonds. The van der Waals surface area contributed by atoms with Crippen LogP contribution >= 0.6 is 0 Å². The lowest BCUT2D eigenvalue weighted by Gasteiger charge is -2.10. The van der Waals surface area contributed by atoms with Crippen LogP contribution in [0.1, 0.15) is 25.3 Å². The van der Waals surface area contributed by atoms with Gasteiger partial charge in [0, 0.05) is 13.1 Å².